The Kier molecular flexibility index (Phi) is 4.20. The topological polar surface area (TPSA) is 57.6 Å². The van der Waals surface area contributed by atoms with Gasteiger partial charge in [0.2, 0.25) is 0 Å². The van der Waals surface area contributed by atoms with E-state index < -0.39 is 11.5 Å². The van der Waals surface area contributed by atoms with E-state index in [0.29, 0.717) is 28.4 Å². The van der Waals surface area contributed by atoms with Gasteiger partial charge in [0.15, 0.2) is 11.4 Å². The molecule has 0 saturated carbocycles. The van der Waals surface area contributed by atoms with Crippen molar-refractivity contribution in [2.75, 3.05) is 11.4 Å². The molecule has 1 aliphatic heterocycles. The number of hydrogen-bond acceptors (Lipinski definition) is 3. The molecule has 0 bridgehead atoms. The van der Waals surface area contributed by atoms with E-state index in [1.54, 1.807) is 30.3 Å². The Labute approximate surface area is 145 Å². The standard InChI is InChI=1S/C19H18ClNO3/c1-3-21-16-9-8-14(20)10-15(16)19(24,18(21)23)11-17(22)13-6-4-12(2)5-7-13/h4-10,24H,3,11H2,1-2H3. The molecule has 5 heteroatoms. The minimum Gasteiger partial charge on any atom is -0.375 e. The Bertz CT molecular complexity index is 816. The number of anilines is 1. The Balaban J connectivity index is 2.00. The molecule has 0 aliphatic carbocycles. The number of aliphatic hydroxyl groups is 1. The summed E-state index contributed by atoms with van der Waals surface area (Å²) in [5.41, 5.74) is 0.628. The van der Waals surface area contributed by atoms with E-state index in [2.05, 4.69) is 0 Å². The number of halogens is 1. The molecule has 0 aromatic heterocycles. The van der Waals surface area contributed by atoms with Gasteiger partial charge in [0.05, 0.1) is 12.1 Å². The predicted molar refractivity (Wildman–Crippen MR) is 93.5 cm³/mol. The molecule has 24 heavy (non-hydrogen) atoms. The fourth-order valence-corrected chi connectivity index (χ4v) is 3.25. The lowest BCUT2D eigenvalue weighted by Gasteiger charge is -2.22. The predicted octanol–water partition coefficient (Wildman–Crippen LogP) is 3.48. The summed E-state index contributed by atoms with van der Waals surface area (Å²) in [6.45, 7) is 4.16. The van der Waals surface area contributed by atoms with Crippen LogP contribution in [0.5, 0.6) is 0 Å². The van der Waals surface area contributed by atoms with Crippen LogP contribution in [0.2, 0.25) is 5.02 Å². The van der Waals surface area contributed by atoms with Crippen LogP contribution in [0.3, 0.4) is 0 Å². The van der Waals surface area contributed by atoms with Crippen LogP contribution in [0.25, 0.3) is 0 Å². The molecule has 1 N–H and O–H groups in total. The zero-order chi connectivity index (χ0) is 17.5. The fraction of sp³-hybridized carbons (Fsp3) is 0.263. The van der Waals surface area contributed by atoms with E-state index in [1.807, 2.05) is 26.0 Å². The van der Waals surface area contributed by atoms with Gasteiger partial charge in [0.1, 0.15) is 0 Å². The lowest BCUT2D eigenvalue weighted by Crippen LogP contribution is -2.41. The van der Waals surface area contributed by atoms with Crippen molar-refractivity contribution in [2.24, 2.45) is 0 Å². The van der Waals surface area contributed by atoms with Crippen LogP contribution < -0.4 is 4.90 Å². The second kappa shape index (κ2) is 6.04. The number of fused-ring (bicyclic) bond motifs is 1. The van der Waals surface area contributed by atoms with Crippen LogP contribution in [0, 0.1) is 6.92 Å². The highest BCUT2D eigenvalue weighted by Gasteiger charge is 2.50. The Morgan fingerprint density at radius 3 is 2.50 bits per heavy atom. The third kappa shape index (κ3) is 2.62. The van der Waals surface area contributed by atoms with Gasteiger partial charge in [-0.2, -0.15) is 0 Å². The van der Waals surface area contributed by atoms with Crippen molar-refractivity contribution in [1.29, 1.82) is 0 Å². The molecule has 0 fully saturated rings. The third-order valence-electron chi connectivity index (χ3n) is 4.40. The highest BCUT2D eigenvalue weighted by atomic mass is 35.5. The SMILES string of the molecule is CCN1C(=O)C(O)(CC(=O)c2ccc(C)cc2)c2cc(Cl)ccc21. The first kappa shape index (κ1) is 16.7. The second-order valence-electron chi connectivity index (χ2n) is 6.04. The largest absolute Gasteiger partial charge is 0.375 e. The van der Waals surface area contributed by atoms with Crippen molar-refractivity contribution in [2.45, 2.75) is 25.9 Å². The quantitative estimate of drug-likeness (QED) is 0.865. The number of amides is 1. The van der Waals surface area contributed by atoms with Crippen molar-refractivity contribution in [1.82, 2.24) is 0 Å². The highest BCUT2D eigenvalue weighted by Crippen LogP contribution is 2.43. The van der Waals surface area contributed by atoms with E-state index >= 15 is 0 Å². The molecule has 0 saturated heterocycles. The minimum absolute atomic E-state index is 0.283. The number of benzene rings is 2. The summed E-state index contributed by atoms with van der Waals surface area (Å²) in [6, 6.07) is 12.0. The number of aryl methyl sites for hydroxylation is 1. The monoisotopic (exact) mass is 343 g/mol. The molecule has 1 amide bonds. The number of carbonyl (C=O) groups is 2. The molecule has 2 aromatic carbocycles. The third-order valence-corrected chi connectivity index (χ3v) is 4.64. The molecule has 0 radical (unpaired) electrons. The van der Waals surface area contributed by atoms with Gasteiger partial charge in [-0.15, -0.1) is 0 Å². The van der Waals surface area contributed by atoms with Gasteiger partial charge < -0.3 is 10.0 Å². The molecule has 1 unspecified atom stereocenters. The van der Waals surface area contributed by atoms with Gasteiger partial charge in [0, 0.05) is 22.7 Å². The molecule has 1 atom stereocenters. The lowest BCUT2D eigenvalue weighted by atomic mass is 9.88. The van der Waals surface area contributed by atoms with Crippen molar-refractivity contribution in [3.05, 3.63) is 64.2 Å². The number of carbonyl (C=O) groups excluding carboxylic acids is 2. The lowest BCUT2D eigenvalue weighted by molar-refractivity contribution is -0.135. The molecule has 3 rings (SSSR count). The summed E-state index contributed by atoms with van der Waals surface area (Å²) in [5, 5.41) is 11.5. The highest BCUT2D eigenvalue weighted by molar-refractivity contribution is 6.31. The normalized spacial score (nSPS) is 19.5. The molecule has 0 spiro atoms. The van der Waals surface area contributed by atoms with E-state index in [1.165, 1.54) is 4.90 Å². The zero-order valence-electron chi connectivity index (χ0n) is 13.5. The fourth-order valence-electron chi connectivity index (χ4n) is 3.08. The van der Waals surface area contributed by atoms with Crippen molar-refractivity contribution in [3.63, 3.8) is 0 Å². The maximum atomic E-state index is 12.7. The first-order valence-electron chi connectivity index (χ1n) is 7.81. The van der Waals surface area contributed by atoms with Crippen molar-refractivity contribution < 1.29 is 14.7 Å². The van der Waals surface area contributed by atoms with Gasteiger partial charge in [-0.1, -0.05) is 41.4 Å². The molecule has 4 nitrogen and oxygen atoms in total. The number of nitrogens with zero attached hydrogens (tertiary/aromatic N) is 1. The summed E-state index contributed by atoms with van der Waals surface area (Å²) in [4.78, 5) is 26.8. The summed E-state index contributed by atoms with van der Waals surface area (Å²) < 4.78 is 0. The molecular formula is C19H18ClNO3. The number of likely N-dealkylation sites (N-methyl/N-ethyl adjacent to an activating group) is 1. The van der Waals surface area contributed by atoms with Crippen LogP contribution in [0.1, 0.15) is 34.8 Å². The maximum absolute atomic E-state index is 12.7. The van der Waals surface area contributed by atoms with Crippen LogP contribution in [-0.2, 0) is 10.4 Å². The van der Waals surface area contributed by atoms with E-state index in [-0.39, 0.29) is 12.2 Å². The number of ketones is 1. The zero-order valence-corrected chi connectivity index (χ0v) is 14.3. The minimum atomic E-state index is -1.88. The molecule has 1 heterocycles. The molecule has 2 aromatic rings. The van der Waals surface area contributed by atoms with Gasteiger partial charge >= 0.3 is 0 Å². The number of rotatable bonds is 4. The molecule has 1 aliphatic rings. The van der Waals surface area contributed by atoms with Gasteiger partial charge in [-0.05, 0) is 32.0 Å². The van der Waals surface area contributed by atoms with Gasteiger partial charge in [-0.25, -0.2) is 0 Å². The Morgan fingerprint density at radius 1 is 1.21 bits per heavy atom. The van der Waals surface area contributed by atoms with E-state index in [4.69, 9.17) is 11.6 Å². The summed E-state index contributed by atoms with van der Waals surface area (Å²) in [6.07, 6.45) is -0.307. The maximum Gasteiger partial charge on any atom is 0.264 e. The van der Waals surface area contributed by atoms with Gasteiger partial charge in [0.25, 0.3) is 5.91 Å². The summed E-state index contributed by atoms with van der Waals surface area (Å²) >= 11 is 6.03. The second-order valence-corrected chi connectivity index (χ2v) is 6.47. The summed E-state index contributed by atoms with van der Waals surface area (Å²) in [5.74, 6) is -0.766. The number of Topliss-reactive ketones (excluding diaryl/α,β-unsaturated/α-hetero) is 1. The Hall–Kier alpha value is -2.17. The average molecular weight is 344 g/mol. The average Bonchev–Trinajstić information content (AvgIpc) is 2.76. The summed E-state index contributed by atoms with van der Waals surface area (Å²) in [7, 11) is 0. The first-order valence-corrected chi connectivity index (χ1v) is 8.19. The molecular weight excluding hydrogens is 326 g/mol. The van der Waals surface area contributed by atoms with Crippen molar-refractivity contribution in [3.8, 4) is 0 Å². The van der Waals surface area contributed by atoms with E-state index in [9.17, 15) is 14.7 Å². The number of hydrogen-bond donors (Lipinski definition) is 1. The van der Waals surface area contributed by atoms with Gasteiger partial charge in [-0.3, -0.25) is 9.59 Å². The van der Waals surface area contributed by atoms with E-state index in [0.717, 1.165) is 5.56 Å². The van der Waals surface area contributed by atoms with Crippen LogP contribution in [0.4, 0.5) is 5.69 Å². The first-order chi connectivity index (χ1) is 11.4. The van der Waals surface area contributed by atoms with Crippen molar-refractivity contribution >= 4 is 29.0 Å². The molecule has 124 valence electrons. The smallest absolute Gasteiger partial charge is 0.264 e. The van der Waals surface area contributed by atoms with Crippen LogP contribution in [-0.4, -0.2) is 23.3 Å². The van der Waals surface area contributed by atoms with Crippen LogP contribution in [0.15, 0.2) is 42.5 Å². The Morgan fingerprint density at radius 2 is 1.88 bits per heavy atom. The van der Waals surface area contributed by atoms with Crippen LogP contribution >= 0.6 is 11.6 Å².